The lowest BCUT2D eigenvalue weighted by molar-refractivity contribution is -0.297. The molecule has 6 rings (SSSR count). The first-order valence-corrected chi connectivity index (χ1v) is 14.6. The van der Waals surface area contributed by atoms with E-state index in [2.05, 4.69) is 13.8 Å². The van der Waals surface area contributed by atoms with Gasteiger partial charge in [0.1, 0.15) is 24.9 Å². The Morgan fingerprint density at radius 2 is 1.84 bits per heavy atom. The molecule has 1 saturated heterocycles. The predicted molar refractivity (Wildman–Crippen MR) is 136 cm³/mol. The van der Waals surface area contributed by atoms with Crippen molar-refractivity contribution in [2.45, 2.75) is 114 Å². The minimum atomic E-state index is -1.26. The number of aliphatic hydroxyl groups is 4. The van der Waals surface area contributed by atoms with Crippen LogP contribution in [0.4, 0.5) is 0 Å². The highest BCUT2D eigenvalue weighted by Crippen LogP contribution is 2.70. The summed E-state index contributed by atoms with van der Waals surface area (Å²) >= 11 is 0. The van der Waals surface area contributed by atoms with Gasteiger partial charge in [0.05, 0.1) is 24.4 Å². The first-order chi connectivity index (χ1) is 18.0. The molecule has 0 amide bonds. The summed E-state index contributed by atoms with van der Waals surface area (Å²) in [4.78, 5) is 11.8. The number of rotatable bonds is 4. The lowest BCUT2D eigenvalue weighted by atomic mass is 9.43. The molecule has 214 valence electrons. The highest BCUT2D eigenvalue weighted by Gasteiger charge is 2.67. The summed E-state index contributed by atoms with van der Waals surface area (Å²) in [6.45, 7) is 4.68. The second-order valence-corrected chi connectivity index (χ2v) is 13.6. The van der Waals surface area contributed by atoms with Crippen LogP contribution in [-0.4, -0.2) is 82.0 Å². The fourth-order valence-electron chi connectivity index (χ4n) is 9.91. The maximum Gasteiger partial charge on any atom is 0.331 e. The number of carbonyl (C=O) groups excluding carboxylic acids is 1. The Kier molecular flexibility index (Phi) is 6.78. The third-order valence-electron chi connectivity index (χ3n) is 12.2. The van der Waals surface area contributed by atoms with E-state index in [9.17, 15) is 25.2 Å². The molecule has 2 heterocycles. The molecule has 5 fully saturated rings. The maximum atomic E-state index is 12.4. The molecule has 0 spiro atoms. The van der Waals surface area contributed by atoms with E-state index in [1.807, 2.05) is 0 Å². The molecule has 4 saturated carbocycles. The summed E-state index contributed by atoms with van der Waals surface area (Å²) in [5.41, 5.74) is 6.09. The fraction of sp³-hybridized carbons (Fsp3) is 0.897. The van der Waals surface area contributed by atoms with E-state index >= 15 is 0 Å². The Labute approximate surface area is 224 Å². The number of hydrogen-bond acceptors (Lipinski definition) is 9. The molecule has 0 radical (unpaired) electrons. The third kappa shape index (κ3) is 3.87. The topological polar surface area (TPSA) is 152 Å². The Hall–Kier alpha value is -1.07. The SMILES string of the molecule is C[C@]12CC[C@H](O[C@@H]3O[C@H](CO)[C@@H](N)[C@H](O)[C@H]3O)CC1CCC1C2CC[C@]2(C)[C@@H](C3=CC(=O)OC3)CC[C@]12O. The predicted octanol–water partition coefficient (Wildman–Crippen LogP) is 1.39. The summed E-state index contributed by atoms with van der Waals surface area (Å²) in [6, 6.07) is -0.865. The Morgan fingerprint density at radius 3 is 2.55 bits per heavy atom. The van der Waals surface area contributed by atoms with Crippen LogP contribution in [0.3, 0.4) is 0 Å². The monoisotopic (exact) mass is 535 g/mol. The standard InChI is InChI=1S/C29H45NO8/c1-27-8-5-17(37-26-25(34)24(33)23(30)21(13-31)38-26)12-16(27)3-4-20-19(27)6-9-28(2)18(7-10-29(20,28)35)15-11-22(32)36-14-15/h11,16-21,23-26,31,33-35H,3-10,12-14,30H2,1-2H3/t16?,17-,18+,19?,20?,21+,23+,24-,25+,26+,27-,28+,29-/m0/s1. The van der Waals surface area contributed by atoms with Crippen LogP contribution in [0.5, 0.6) is 0 Å². The molecular weight excluding hydrogens is 490 g/mol. The molecule has 0 aromatic rings. The van der Waals surface area contributed by atoms with Crippen molar-refractivity contribution in [1.82, 2.24) is 0 Å². The van der Waals surface area contributed by atoms with E-state index in [4.69, 9.17) is 19.9 Å². The van der Waals surface area contributed by atoms with Gasteiger partial charge in [-0.25, -0.2) is 4.79 Å². The summed E-state index contributed by atoms with van der Waals surface area (Å²) in [6.07, 6.45) is 5.65. The van der Waals surface area contributed by atoms with Crippen molar-refractivity contribution in [1.29, 1.82) is 0 Å². The highest BCUT2D eigenvalue weighted by molar-refractivity contribution is 5.85. The fourth-order valence-corrected chi connectivity index (χ4v) is 9.91. The van der Waals surface area contributed by atoms with E-state index in [0.29, 0.717) is 18.4 Å². The normalized spacial score (nSPS) is 54.5. The van der Waals surface area contributed by atoms with Crippen molar-refractivity contribution < 1.29 is 39.4 Å². The molecule has 3 unspecified atom stereocenters. The van der Waals surface area contributed by atoms with Crippen LogP contribution >= 0.6 is 0 Å². The molecule has 9 nitrogen and oxygen atoms in total. The lowest BCUT2D eigenvalue weighted by Gasteiger charge is -2.64. The molecule has 2 aliphatic heterocycles. The highest BCUT2D eigenvalue weighted by atomic mass is 16.7. The summed E-state index contributed by atoms with van der Waals surface area (Å²) in [5, 5.41) is 42.8. The summed E-state index contributed by atoms with van der Waals surface area (Å²) in [7, 11) is 0. The first kappa shape index (κ1) is 27.1. The van der Waals surface area contributed by atoms with Crippen LogP contribution in [0.15, 0.2) is 11.6 Å². The van der Waals surface area contributed by atoms with Crippen molar-refractivity contribution in [2.24, 2.45) is 40.2 Å². The zero-order valence-corrected chi connectivity index (χ0v) is 22.6. The number of fused-ring (bicyclic) bond motifs is 5. The van der Waals surface area contributed by atoms with Crippen LogP contribution in [0, 0.1) is 34.5 Å². The van der Waals surface area contributed by atoms with Crippen LogP contribution in [0.2, 0.25) is 0 Å². The Bertz CT molecular complexity index is 972. The van der Waals surface area contributed by atoms with Gasteiger partial charge in [-0.3, -0.25) is 0 Å². The number of carbonyl (C=O) groups is 1. The molecule has 13 atom stereocenters. The second-order valence-electron chi connectivity index (χ2n) is 13.6. The van der Waals surface area contributed by atoms with Crippen molar-refractivity contribution in [3.05, 3.63) is 11.6 Å². The van der Waals surface area contributed by atoms with Gasteiger partial charge in [0.2, 0.25) is 0 Å². The molecule has 4 aliphatic carbocycles. The van der Waals surface area contributed by atoms with E-state index in [-0.39, 0.29) is 41.3 Å². The number of nitrogens with two attached hydrogens (primary N) is 1. The summed E-state index contributed by atoms with van der Waals surface area (Å²) < 4.78 is 17.2. The molecular formula is C29H45NO8. The van der Waals surface area contributed by atoms with E-state index < -0.39 is 36.2 Å². The number of esters is 1. The second kappa shape index (κ2) is 9.50. The van der Waals surface area contributed by atoms with Crippen molar-refractivity contribution in [2.75, 3.05) is 13.2 Å². The van der Waals surface area contributed by atoms with Gasteiger partial charge in [0, 0.05) is 11.5 Å². The smallest absolute Gasteiger partial charge is 0.331 e. The third-order valence-corrected chi connectivity index (χ3v) is 12.2. The Balaban J connectivity index is 1.15. The molecule has 38 heavy (non-hydrogen) atoms. The average molecular weight is 536 g/mol. The van der Waals surface area contributed by atoms with E-state index in [1.54, 1.807) is 6.08 Å². The Morgan fingerprint density at radius 1 is 1.05 bits per heavy atom. The number of hydrogen-bond donors (Lipinski definition) is 5. The summed E-state index contributed by atoms with van der Waals surface area (Å²) in [5.74, 6) is 1.06. The van der Waals surface area contributed by atoms with Gasteiger partial charge in [-0.05, 0) is 92.4 Å². The van der Waals surface area contributed by atoms with Gasteiger partial charge in [0.25, 0.3) is 0 Å². The molecule has 0 aromatic heterocycles. The molecule has 0 bridgehead atoms. The van der Waals surface area contributed by atoms with Gasteiger partial charge < -0.3 is 40.4 Å². The number of aliphatic hydroxyl groups excluding tert-OH is 3. The van der Waals surface area contributed by atoms with Gasteiger partial charge in [-0.2, -0.15) is 0 Å². The van der Waals surface area contributed by atoms with Gasteiger partial charge in [-0.15, -0.1) is 0 Å². The lowest BCUT2D eigenvalue weighted by Crippen LogP contribution is -2.64. The zero-order chi connectivity index (χ0) is 27.0. The van der Waals surface area contributed by atoms with Crippen molar-refractivity contribution in [3.8, 4) is 0 Å². The van der Waals surface area contributed by atoms with Gasteiger partial charge in [0.15, 0.2) is 6.29 Å². The molecule has 6 aliphatic rings. The van der Waals surface area contributed by atoms with Crippen molar-refractivity contribution >= 4 is 5.97 Å². The van der Waals surface area contributed by atoms with Crippen LogP contribution in [-0.2, 0) is 19.0 Å². The number of ether oxygens (including phenoxy) is 3. The van der Waals surface area contributed by atoms with E-state index in [0.717, 1.165) is 63.4 Å². The van der Waals surface area contributed by atoms with Gasteiger partial charge >= 0.3 is 5.97 Å². The molecule has 9 heteroatoms. The average Bonchev–Trinajstić information content (AvgIpc) is 3.44. The van der Waals surface area contributed by atoms with Gasteiger partial charge in [-0.1, -0.05) is 13.8 Å². The molecule has 6 N–H and O–H groups in total. The molecule has 0 aromatic carbocycles. The minimum Gasteiger partial charge on any atom is -0.458 e. The van der Waals surface area contributed by atoms with E-state index in [1.165, 1.54) is 0 Å². The number of cyclic esters (lactones) is 1. The van der Waals surface area contributed by atoms with Crippen LogP contribution in [0.1, 0.15) is 71.6 Å². The minimum absolute atomic E-state index is 0.102. The first-order valence-electron chi connectivity index (χ1n) is 14.6. The van der Waals surface area contributed by atoms with Crippen LogP contribution < -0.4 is 5.73 Å². The quantitative estimate of drug-likeness (QED) is 0.266. The zero-order valence-electron chi connectivity index (χ0n) is 22.6. The largest absolute Gasteiger partial charge is 0.458 e. The maximum absolute atomic E-state index is 12.4. The van der Waals surface area contributed by atoms with Crippen LogP contribution in [0.25, 0.3) is 0 Å². The van der Waals surface area contributed by atoms with Crippen molar-refractivity contribution in [3.63, 3.8) is 0 Å².